The van der Waals surface area contributed by atoms with Crippen molar-refractivity contribution in [2.45, 2.75) is 19.1 Å². The zero-order chi connectivity index (χ0) is 15.5. The largest absolute Gasteiger partial charge is 0.478 e. The molecule has 1 aromatic carbocycles. The molecule has 0 unspecified atom stereocenters. The lowest BCUT2D eigenvalue weighted by molar-refractivity contribution is -0.174. The normalized spacial score (nSPS) is 12.0. The number of rotatable bonds is 6. The molecule has 0 bridgehead atoms. The fourth-order valence-electron chi connectivity index (χ4n) is 2.14. The highest BCUT2D eigenvalue weighted by molar-refractivity contribution is 6.02. The first-order valence-electron chi connectivity index (χ1n) is 6.34. The molecule has 1 aromatic heterocycles. The number of halogens is 3. The number of fused-ring (bicyclic) bond motifs is 1. The van der Waals surface area contributed by atoms with Gasteiger partial charge in [0.2, 0.25) is 0 Å². The van der Waals surface area contributed by atoms with Gasteiger partial charge in [-0.3, -0.25) is 0 Å². The van der Waals surface area contributed by atoms with Gasteiger partial charge in [-0.1, -0.05) is 12.1 Å². The van der Waals surface area contributed by atoms with Gasteiger partial charge in [-0.15, -0.1) is 0 Å². The average molecular weight is 301 g/mol. The number of ether oxygens (including phenoxy) is 1. The van der Waals surface area contributed by atoms with Crippen LogP contribution in [0.4, 0.5) is 13.2 Å². The highest BCUT2D eigenvalue weighted by atomic mass is 19.4. The van der Waals surface area contributed by atoms with Crippen LogP contribution < -0.4 is 0 Å². The number of carbonyl (C=O) groups is 1. The Morgan fingerprint density at radius 2 is 2.05 bits per heavy atom. The smallest absolute Gasteiger partial charge is 0.411 e. The van der Waals surface area contributed by atoms with E-state index < -0.39 is 18.8 Å². The summed E-state index contributed by atoms with van der Waals surface area (Å²) in [4.78, 5) is 11.2. The molecule has 0 radical (unpaired) electrons. The molecule has 1 N–H and O–H groups in total. The van der Waals surface area contributed by atoms with Gasteiger partial charge in [-0.05, 0) is 18.6 Å². The standard InChI is InChI=1S/C14H14F3NO3/c15-14(16,17)9-21-8-2-6-18-7-5-10-3-1-4-11(12(10)18)13(19)20/h1,3-5,7H,2,6,8-9H2,(H,19,20). The molecule has 21 heavy (non-hydrogen) atoms. The summed E-state index contributed by atoms with van der Waals surface area (Å²) < 4.78 is 42.0. The Labute approximate surface area is 118 Å². The summed E-state index contributed by atoms with van der Waals surface area (Å²) in [5.41, 5.74) is 0.745. The number of nitrogens with zero attached hydrogens (tertiary/aromatic N) is 1. The second-order valence-electron chi connectivity index (χ2n) is 4.58. The van der Waals surface area contributed by atoms with Crippen molar-refractivity contribution in [3.8, 4) is 0 Å². The van der Waals surface area contributed by atoms with Crippen molar-refractivity contribution in [2.75, 3.05) is 13.2 Å². The maximum atomic E-state index is 11.9. The number of hydrogen-bond acceptors (Lipinski definition) is 2. The second-order valence-corrected chi connectivity index (χ2v) is 4.58. The van der Waals surface area contributed by atoms with E-state index in [1.54, 1.807) is 29.0 Å². The quantitative estimate of drug-likeness (QED) is 0.833. The summed E-state index contributed by atoms with van der Waals surface area (Å²) in [6.45, 7) is -0.903. The van der Waals surface area contributed by atoms with Crippen LogP contribution in [-0.2, 0) is 11.3 Å². The molecule has 0 amide bonds. The molecule has 0 saturated carbocycles. The predicted molar refractivity (Wildman–Crippen MR) is 70.4 cm³/mol. The minimum Gasteiger partial charge on any atom is -0.478 e. The highest BCUT2D eigenvalue weighted by Gasteiger charge is 2.27. The van der Waals surface area contributed by atoms with E-state index in [1.165, 1.54) is 6.07 Å². The number of para-hydroxylation sites is 1. The van der Waals surface area contributed by atoms with Gasteiger partial charge in [0.05, 0.1) is 11.1 Å². The van der Waals surface area contributed by atoms with Crippen molar-refractivity contribution in [1.82, 2.24) is 4.57 Å². The van der Waals surface area contributed by atoms with Crippen LogP contribution in [0, 0.1) is 0 Å². The van der Waals surface area contributed by atoms with E-state index in [1.807, 2.05) is 0 Å². The molecule has 0 aliphatic heterocycles. The van der Waals surface area contributed by atoms with E-state index in [9.17, 15) is 18.0 Å². The van der Waals surface area contributed by atoms with Crippen LogP contribution in [-0.4, -0.2) is 35.0 Å². The van der Waals surface area contributed by atoms with Gasteiger partial charge >= 0.3 is 12.1 Å². The van der Waals surface area contributed by atoms with Gasteiger partial charge in [0, 0.05) is 24.7 Å². The zero-order valence-electron chi connectivity index (χ0n) is 11.1. The molecule has 4 nitrogen and oxygen atoms in total. The Morgan fingerprint density at radius 1 is 1.29 bits per heavy atom. The third kappa shape index (κ3) is 3.98. The minimum atomic E-state index is -4.32. The van der Waals surface area contributed by atoms with Crippen molar-refractivity contribution in [2.24, 2.45) is 0 Å². The number of aryl methyl sites for hydroxylation is 1. The van der Waals surface area contributed by atoms with Crippen molar-refractivity contribution in [3.05, 3.63) is 36.0 Å². The highest BCUT2D eigenvalue weighted by Crippen LogP contribution is 2.21. The van der Waals surface area contributed by atoms with E-state index in [2.05, 4.69) is 4.74 Å². The lowest BCUT2D eigenvalue weighted by Gasteiger charge is -2.09. The third-order valence-electron chi connectivity index (χ3n) is 2.97. The number of aromatic nitrogens is 1. The van der Waals surface area contributed by atoms with E-state index in [-0.39, 0.29) is 12.2 Å². The number of carboxylic acids is 1. The SMILES string of the molecule is O=C(O)c1cccc2ccn(CCCOCC(F)(F)F)c12. The zero-order valence-corrected chi connectivity index (χ0v) is 11.1. The summed E-state index contributed by atoms with van der Waals surface area (Å²) in [5.74, 6) is -1.03. The first-order valence-corrected chi connectivity index (χ1v) is 6.34. The number of carboxylic acid groups (broad SMARTS) is 1. The Hall–Kier alpha value is -2.02. The van der Waals surface area contributed by atoms with Gasteiger partial charge in [-0.25, -0.2) is 4.79 Å². The summed E-state index contributed by atoms with van der Waals surface area (Å²) in [6, 6.07) is 6.72. The molecule has 0 saturated heterocycles. The Morgan fingerprint density at radius 3 is 2.71 bits per heavy atom. The van der Waals surface area contributed by atoms with E-state index in [4.69, 9.17) is 5.11 Å². The van der Waals surface area contributed by atoms with Crippen LogP contribution in [0.2, 0.25) is 0 Å². The molecule has 2 rings (SSSR count). The Kier molecular flexibility index (Phi) is 4.52. The topological polar surface area (TPSA) is 51.5 Å². The van der Waals surface area contributed by atoms with Crippen LogP contribution in [0.15, 0.2) is 30.5 Å². The predicted octanol–water partition coefficient (Wildman–Crippen LogP) is 3.31. The molecule has 0 aliphatic carbocycles. The van der Waals surface area contributed by atoms with Gasteiger partial charge < -0.3 is 14.4 Å². The van der Waals surface area contributed by atoms with Gasteiger partial charge in [0.1, 0.15) is 6.61 Å². The average Bonchev–Trinajstić information content (AvgIpc) is 2.80. The van der Waals surface area contributed by atoms with Crippen molar-refractivity contribution in [3.63, 3.8) is 0 Å². The van der Waals surface area contributed by atoms with Crippen LogP contribution in [0.25, 0.3) is 10.9 Å². The summed E-state index contributed by atoms with van der Waals surface area (Å²) in [5, 5.41) is 9.95. The summed E-state index contributed by atoms with van der Waals surface area (Å²) >= 11 is 0. The Balaban J connectivity index is 2.01. The monoisotopic (exact) mass is 301 g/mol. The number of aromatic carboxylic acids is 1. The number of alkyl halides is 3. The minimum absolute atomic E-state index is 0.0333. The molecular formula is C14H14F3NO3. The molecule has 0 spiro atoms. The van der Waals surface area contributed by atoms with Gasteiger partial charge in [0.15, 0.2) is 0 Å². The molecule has 0 fully saturated rings. The van der Waals surface area contributed by atoms with Crippen LogP contribution >= 0.6 is 0 Å². The first kappa shape index (κ1) is 15.4. The summed E-state index contributed by atoms with van der Waals surface area (Å²) in [6.07, 6.45) is -2.23. The molecule has 0 aliphatic rings. The molecule has 2 aromatic rings. The van der Waals surface area contributed by atoms with Crippen LogP contribution in [0.5, 0.6) is 0 Å². The van der Waals surface area contributed by atoms with E-state index in [0.717, 1.165) is 5.39 Å². The molecular weight excluding hydrogens is 287 g/mol. The van der Waals surface area contributed by atoms with Gasteiger partial charge in [-0.2, -0.15) is 13.2 Å². The number of benzene rings is 1. The second kappa shape index (κ2) is 6.17. The summed E-state index contributed by atoms with van der Waals surface area (Å²) in [7, 11) is 0. The van der Waals surface area contributed by atoms with Gasteiger partial charge in [0.25, 0.3) is 0 Å². The fraction of sp³-hybridized carbons (Fsp3) is 0.357. The van der Waals surface area contributed by atoms with Crippen molar-refractivity contribution in [1.29, 1.82) is 0 Å². The Bertz CT molecular complexity index is 634. The maximum absolute atomic E-state index is 11.9. The maximum Gasteiger partial charge on any atom is 0.411 e. The van der Waals surface area contributed by atoms with E-state index >= 15 is 0 Å². The van der Waals surface area contributed by atoms with Crippen molar-refractivity contribution < 1.29 is 27.8 Å². The molecule has 0 atom stereocenters. The third-order valence-corrected chi connectivity index (χ3v) is 2.97. The van der Waals surface area contributed by atoms with Crippen molar-refractivity contribution >= 4 is 16.9 Å². The lowest BCUT2D eigenvalue weighted by atomic mass is 10.1. The van der Waals surface area contributed by atoms with Crippen LogP contribution in [0.3, 0.4) is 0 Å². The van der Waals surface area contributed by atoms with E-state index in [0.29, 0.717) is 18.5 Å². The van der Waals surface area contributed by atoms with Crippen LogP contribution in [0.1, 0.15) is 16.8 Å². The molecule has 1 heterocycles. The molecule has 114 valence electrons. The lowest BCUT2D eigenvalue weighted by Crippen LogP contribution is -2.17. The molecule has 7 heteroatoms. The first-order chi connectivity index (χ1) is 9.88. The number of hydrogen-bond donors (Lipinski definition) is 1. The fourth-order valence-corrected chi connectivity index (χ4v) is 2.14.